The molecule has 2 saturated heterocycles. The first kappa shape index (κ1) is 26.1. The second kappa shape index (κ2) is 12.9. The van der Waals surface area contributed by atoms with E-state index in [1.165, 1.54) is 25.5 Å². The van der Waals surface area contributed by atoms with E-state index in [4.69, 9.17) is 15.9 Å². The first-order valence-electron chi connectivity index (χ1n) is 12.9. The molecule has 2 aliphatic heterocycles. The molecule has 0 radical (unpaired) electrons. The van der Waals surface area contributed by atoms with Gasteiger partial charge in [0.1, 0.15) is 0 Å². The highest BCUT2D eigenvalue weighted by Gasteiger charge is 2.28. The number of halogens is 1. The lowest BCUT2D eigenvalue weighted by molar-refractivity contribution is 0.000228. The van der Waals surface area contributed by atoms with Crippen LogP contribution in [-0.4, -0.2) is 78.0 Å². The molecule has 1 amide bonds. The van der Waals surface area contributed by atoms with Crippen molar-refractivity contribution in [3.8, 4) is 0 Å². The number of hydrazine groups is 1. The minimum atomic E-state index is -0.189. The van der Waals surface area contributed by atoms with Gasteiger partial charge in [-0.2, -0.15) is 0 Å². The molecule has 0 atom stereocenters. The predicted molar refractivity (Wildman–Crippen MR) is 142 cm³/mol. The molecule has 0 unspecified atom stereocenters. The Morgan fingerprint density at radius 3 is 2.54 bits per heavy atom. The Kier molecular flexibility index (Phi) is 9.59. The fourth-order valence-electron chi connectivity index (χ4n) is 5.49. The van der Waals surface area contributed by atoms with Crippen molar-refractivity contribution in [1.82, 2.24) is 20.2 Å². The van der Waals surface area contributed by atoms with Gasteiger partial charge in [-0.15, -0.1) is 0 Å². The van der Waals surface area contributed by atoms with E-state index in [-0.39, 0.29) is 17.8 Å². The number of rotatable bonds is 6. The van der Waals surface area contributed by atoms with Crippen LogP contribution in [0.4, 0.5) is 0 Å². The van der Waals surface area contributed by atoms with Crippen LogP contribution in [0.25, 0.3) is 0 Å². The van der Waals surface area contributed by atoms with E-state index in [0.29, 0.717) is 16.1 Å². The molecule has 35 heavy (non-hydrogen) atoms. The van der Waals surface area contributed by atoms with Gasteiger partial charge < -0.3 is 10.5 Å². The Labute approximate surface area is 217 Å². The highest BCUT2D eigenvalue weighted by atomic mass is 79.9. The van der Waals surface area contributed by atoms with Crippen molar-refractivity contribution in [2.24, 2.45) is 5.73 Å². The topological polar surface area (TPSA) is 97.9 Å². The van der Waals surface area contributed by atoms with Gasteiger partial charge in [0.15, 0.2) is 5.84 Å². The van der Waals surface area contributed by atoms with E-state index in [9.17, 15) is 4.79 Å². The summed E-state index contributed by atoms with van der Waals surface area (Å²) in [5, 5.41) is 10.2. The average molecular weight is 548 g/mol. The molecule has 4 N–H and O–H groups in total. The Hall–Kier alpha value is -1.94. The maximum absolute atomic E-state index is 13.2. The number of hydrogen-bond acceptors (Lipinski definition) is 6. The number of likely N-dealkylation sites (tertiary alicyclic amines) is 1. The van der Waals surface area contributed by atoms with E-state index in [2.05, 4.69) is 37.2 Å². The molecule has 0 bridgehead atoms. The predicted octanol–water partition coefficient (Wildman–Crippen LogP) is 3.43. The van der Waals surface area contributed by atoms with Crippen LogP contribution < -0.4 is 11.2 Å². The number of nitrogens with one attached hydrogen (secondary N) is 2. The zero-order valence-electron chi connectivity index (χ0n) is 20.6. The maximum atomic E-state index is 13.2. The van der Waals surface area contributed by atoms with Crippen LogP contribution in [0.2, 0.25) is 0 Å². The first-order chi connectivity index (χ1) is 17.0. The summed E-state index contributed by atoms with van der Waals surface area (Å²) < 4.78 is 5.97. The monoisotopic (exact) mass is 546 g/mol. The van der Waals surface area contributed by atoms with Crippen LogP contribution >= 0.6 is 15.9 Å². The molecule has 2 heterocycles. The number of ether oxygens (including phenoxy) is 1. The van der Waals surface area contributed by atoms with E-state index < -0.39 is 0 Å². The Morgan fingerprint density at radius 1 is 1.14 bits per heavy atom. The summed E-state index contributed by atoms with van der Waals surface area (Å²) in [4.78, 5) is 18.3. The SMILES string of the molecule is N=C(C(Br)=CN)N(NC(=O)c1cccc(CN2CCC(N3CCOCC3)CC2)c1)C1CCCCC1. The van der Waals surface area contributed by atoms with E-state index in [1.54, 1.807) is 5.01 Å². The lowest BCUT2D eigenvalue weighted by Gasteiger charge is -2.40. The van der Waals surface area contributed by atoms with Crippen molar-refractivity contribution >= 4 is 27.7 Å². The fourth-order valence-corrected chi connectivity index (χ4v) is 5.68. The van der Waals surface area contributed by atoms with Crippen LogP contribution in [0.5, 0.6) is 0 Å². The first-order valence-corrected chi connectivity index (χ1v) is 13.7. The van der Waals surface area contributed by atoms with Gasteiger partial charge in [0.2, 0.25) is 0 Å². The number of nitrogens with two attached hydrogens (primary N) is 1. The maximum Gasteiger partial charge on any atom is 0.269 e. The number of hydrogen-bond donors (Lipinski definition) is 3. The molecule has 1 aromatic carbocycles. The molecular formula is C26H39BrN6O2. The molecule has 0 spiro atoms. The number of carbonyl (C=O) groups excluding carboxylic acids is 1. The van der Waals surface area contributed by atoms with E-state index in [1.807, 2.05) is 18.2 Å². The third-order valence-electron chi connectivity index (χ3n) is 7.49. The number of carbonyl (C=O) groups is 1. The molecule has 1 aromatic rings. The second-order valence-corrected chi connectivity index (χ2v) is 10.7. The third-order valence-corrected chi connectivity index (χ3v) is 8.13. The molecule has 192 valence electrons. The minimum absolute atomic E-state index is 0.101. The minimum Gasteiger partial charge on any atom is -0.404 e. The molecule has 1 aliphatic carbocycles. The Morgan fingerprint density at radius 2 is 1.86 bits per heavy atom. The Balaban J connectivity index is 1.35. The molecular weight excluding hydrogens is 508 g/mol. The second-order valence-electron chi connectivity index (χ2n) is 9.82. The number of morpholine rings is 1. The van der Waals surface area contributed by atoms with Gasteiger partial charge in [0, 0.05) is 37.4 Å². The highest BCUT2D eigenvalue weighted by molar-refractivity contribution is 9.12. The molecule has 0 aromatic heterocycles. The normalized spacial score (nSPS) is 21.6. The van der Waals surface area contributed by atoms with Crippen molar-refractivity contribution in [2.45, 2.75) is 63.6 Å². The largest absolute Gasteiger partial charge is 0.404 e. The Bertz CT molecular complexity index is 890. The van der Waals surface area contributed by atoms with E-state index in [0.717, 1.165) is 77.2 Å². The summed E-state index contributed by atoms with van der Waals surface area (Å²) in [6.07, 6.45) is 9.03. The summed E-state index contributed by atoms with van der Waals surface area (Å²) in [5.41, 5.74) is 10.4. The zero-order chi connectivity index (χ0) is 24.6. The number of nitrogens with zero attached hydrogens (tertiary/aromatic N) is 3. The van der Waals surface area contributed by atoms with Crippen LogP contribution in [0.1, 0.15) is 60.9 Å². The molecule has 4 rings (SSSR count). The number of amides is 1. The van der Waals surface area contributed by atoms with Gasteiger partial charge in [0.05, 0.1) is 23.7 Å². The van der Waals surface area contributed by atoms with Gasteiger partial charge in [-0.3, -0.25) is 30.4 Å². The average Bonchev–Trinajstić information content (AvgIpc) is 2.92. The number of piperidine rings is 1. The van der Waals surface area contributed by atoms with Gasteiger partial charge in [-0.05, 0) is 72.4 Å². The summed E-state index contributed by atoms with van der Waals surface area (Å²) >= 11 is 3.36. The smallest absolute Gasteiger partial charge is 0.269 e. The van der Waals surface area contributed by atoms with Crippen LogP contribution in [0.15, 0.2) is 34.9 Å². The highest BCUT2D eigenvalue weighted by Crippen LogP contribution is 2.24. The van der Waals surface area contributed by atoms with E-state index >= 15 is 0 Å². The van der Waals surface area contributed by atoms with Crippen molar-refractivity contribution in [1.29, 1.82) is 5.41 Å². The van der Waals surface area contributed by atoms with Gasteiger partial charge in [-0.25, -0.2) is 0 Å². The summed E-state index contributed by atoms with van der Waals surface area (Å²) in [5.74, 6) is -0.00226. The summed E-state index contributed by atoms with van der Waals surface area (Å²) in [7, 11) is 0. The molecule has 1 saturated carbocycles. The van der Waals surface area contributed by atoms with Gasteiger partial charge >= 0.3 is 0 Å². The van der Waals surface area contributed by atoms with Crippen molar-refractivity contribution in [3.05, 3.63) is 46.1 Å². The van der Waals surface area contributed by atoms with Crippen molar-refractivity contribution in [2.75, 3.05) is 39.4 Å². The lowest BCUT2D eigenvalue weighted by Crippen LogP contribution is -2.52. The van der Waals surface area contributed by atoms with Crippen molar-refractivity contribution < 1.29 is 9.53 Å². The van der Waals surface area contributed by atoms with Crippen molar-refractivity contribution in [3.63, 3.8) is 0 Å². The fraction of sp³-hybridized carbons (Fsp3) is 0.615. The quantitative estimate of drug-likeness (QED) is 0.287. The number of benzene rings is 1. The van der Waals surface area contributed by atoms with Crippen LogP contribution in [-0.2, 0) is 11.3 Å². The summed E-state index contributed by atoms with van der Waals surface area (Å²) in [6, 6.07) is 8.65. The summed E-state index contributed by atoms with van der Waals surface area (Å²) in [6.45, 7) is 6.80. The van der Waals surface area contributed by atoms with Gasteiger partial charge in [0.25, 0.3) is 5.91 Å². The van der Waals surface area contributed by atoms with Gasteiger partial charge in [-0.1, -0.05) is 31.4 Å². The molecule has 8 nitrogen and oxygen atoms in total. The molecule has 3 aliphatic rings. The third kappa shape index (κ3) is 7.06. The standard InChI is InChI=1S/C26H39BrN6O2/c27-24(18-28)25(29)33(23-7-2-1-3-8-23)30-26(34)21-6-4-5-20(17-21)19-31-11-9-22(10-12-31)32-13-15-35-16-14-32/h4-6,17-18,22-23,29H,1-3,7-16,19,28H2,(H,30,34). The number of amidine groups is 1. The molecule has 9 heteroatoms. The lowest BCUT2D eigenvalue weighted by atomic mass is 9.95. The zero-order valence-corrected chi connectivity index (χ0v) is 22.1. The van der Waals surface area contributed by atoms with Crippen LogP contribution in [0, 0.1) is 5.41 Å². The van der Waals surface area contributed by atoms with Crippen LogP contribution in [0.3, 0.4) is 0 Å². The molecule has 3 fully saturated rings.